The van der Waals surface area contributed by atoms with Crippen molar-refractivity contribution in [1.29, 1.82) is 0 Å². The maximum Gasteiger partial charge on any atom is 0.333 e. The van der Waals surface area contributed by atoms with Crippen LogP contribution in [0.3, 0.4) is 0 Å². The van der Waals surface area contributed by atoms with Crippen molar-refractivity contribution in [2.75, 3.05) is 13.1 Å². The summed E-state index contributed by atoms with van der Waals surface area (Å²) < 4.78 is 0. The number of carbonyl (C=O) groups is 1. The molecule has 0 aliphatic carbocycles. The van der Waals surface area contributed by atoms with Crippen molar-refractivity contribution in [3.05, 3.63) is 11.3 Å². The predicted molar refractivity (Wildman–Crippen MR) is 67.4 cm³/mol. The van der Waals surface area contributed by atoms with Gasteiger partial charge >= 0.3 is 5.97 Å². The van der Waals surface area contributed by atoms with Crippen LogP contribution < -0.4 is 0 Å². The van der Waals surface area contributed by atoms with Gasteiger partial charge in [0.1, 0.15) is 0 Å². The minimum atomic E-state index is -0.791. The van der Waals surface area contributed by atoms with Crippen molar-refractivity contribution in [1.82, 2.24) is 4.90 Å². The first kappa shape index (κ1) is 15.0. The molecule has 0 amide bonds. The highest BCUT2D eigenvalue weighted by Crippen LogP contribution is 2.17. The molecule has 0 radical (unpaired) electrons. The van der Waals surface area contributed by atoms with Crippen molar-refractivity contribution in [3.8, 4) is 0 Å². The van der Waals surface area contributed by atoms with E-state index in [0.29, 0.717) is 5.57 Å². The summed E-state index contributed by atoms with van der Waals surface area (Å²) in [5, 5.41) is 9.08. The fourth-order valence-electron chi connectivity index (χ4n) is 1.86. The van der Waals surface area contributed by atoms with E-state index < -0.39 is 5.97 Å². The fraction of sp³-hybridized carbons (Fsp3) is 0.769. The highest BCUT2D eigenvalue weighted by molar-refractivity contribution is 5.86. The molecule has 0 rings (SSSR count). The Morgan fingerprint density at radius 2 is 1.56 bits per heavy atom. The second-order valence-electron chi connectivity index (χ2n) is 4.11. The van der Waals surface area contributed by atoms with E-state index in [9.17, 15) is 4.79 Å². The first-order valence-corrected chi connectivity index (χ1v) is 6.26. The van der Waals surface area contributed by atoms with E-state index in [2.05, 4.69) is 25.7 Å². The molecular weight excluding hydrogens is 202 g/mol. The summed E-state index contributed by atoms with van der Waals surface area (Å²) in [6, 6.07) is 0. The summed E-state index contributed by atoms with van der Waals surface area (Å²) in [6.07, 6.45) is 3.96. The van der Waals surface area contributed by atoms with Gasteiger partial charge in [-0.2, -0.15) is 0 Å². The number of allylic oxidation sites excluding steroid dienone is 1. The molecule has 0 aromatic heterocycles. The van der Waals surface area contributed by atoms with Gasteiger partial charge in [0.15, 0.2) is 0 Å². The molecule has 0 saturated carbocycles. The zero-order chi connectivity index (χ0) is 12.6. The van der Waals surface area contributed by atoms with Gasteiger partial charge in [-0.15, -0.1) is 0 Å². The Balaban J connectivity index is 4.96. The number of aliphatic carboxylic acids is 1. The lowest BCUT2D eigenvalue weighted by Gasteiger charge is -2.28. The molecule has 0 aliphatic heterocycles. The van der Waals surface area contributed by atoms with Crippen molar-refractivity contribution in [2.24, 2.45) is 0 Å². The third kappa shape index (κ3) is 4.69. The van der Waals surface area contributed by atoms with Gasteiger partial charge in [0.25, 0.3) is 0 Å². The van der Waals surface area contributed by atoms with Crippen LogP contribution in [0, 0.1) is 0 Å². The quantitative estimate of drug-likeness (QED) is 0.647. The molecule has 0 fully saturated rings. The molecule has 94 valence electrons. The molecule has 1 N–H and O–H groups in total. The van der Waals surface area contributed by atoms with Gasteiger partial charge in [0.2, 0.25) is 0 Å². The average Bonchev–Trinajstić information content (AvgIpc) is 2.24. The second-order valence-corrected chi connectivity index (χ2v) is 4.11. The summed E-state index contributed by atoms with van der Waals surface area (Å²) in [7, 11) is 0. The van der Waals surface area contributed by atoms with Crippen LogP contribution >= 0.6 is 0 Å². The summed E-state index contributed by atoms with van der Waals surface area (Å²) in [4.78, 5) is 13.3. The first-order valence-electron chi connectivity index (χ1n) is 6.26. The molecule has 0 heterocycles. The van der Waals surface area contributed by atoms with Gasteiger partial charge in [-0.3, -0.25) is 0 Å². The van der Waals surface area contributed by atoms with Crippen LogP contribution in [0.25, 0.3) is 0 Å². The van der Waals surface area contributed by atoms with Crippen LogP contribution in [-0.2, 0) is 4.79 Å². The molecule has 0 bridgehead atoms. The van der Waals surface area contributed by atoms with Gasteiger partial charge in [-0.25, -0.2) is 4.79 Å². The first-order chi connectivity index (χ1) is 7.58. The van der Waals surface area contributed by atoms with Crippen molar-refractivity contribution in [3.63, 3.8) is 0 Å². The molecule has 0 unspecified atom stereocenters. The zero-order valence-electron chi connectivity index (χ0n) is 11.0. The zero-order valence-corrected chi connectivity index (χ0v) is 11.0. The lowest BCUT2D eigenvalue weighted by Crippen LogP contribution is -2.27. The number of carboxylic acids is 1. The molecule has 3 heteroatoms. The minimum absolute atomic E-state index is 0.503. The molecule has 0 aliphatic rings. The van der Waals surface area contributed by atoms with E-state index in [1.165, 1.54) is 0 Å². The van der Waals surface area contributed by atoms with E-state index in [1.54, 1.807) is 6.92 Å². The Kier molecular flexibility index (Phi) is 7.69. The SMILES string of the molecule is CCCC(=C(C)C(=O)O)N(CCC)CCC. The molecule has 0 atom stereocenters. The molecular formula is C13H25NO2. The summed E-state index contributed by atoms with van der Waals surface area (Å²) in [6.45, 7) is 9.96. The highest BCUT2D eigenvalue weighted by atomic mass is 16.4. The summed E-state index contributed by atoms with van der Waals surface area (Å²) in [5.74, 6) is -0.791. The van der Waals surface area contributed by atoms with Crippen LogP contribution in [0.5, 0.6) is 0 Å². The Bertz CT molecular complexity index is 240. The van der Waals surface area contributed by atoms with Gasteiger partial charge in [0.05, 0.1) is 5.57 Å². The lowest BCUT2D eigenvalue weighted by atomic mass is 10.1. The van der Waals surface area contributed by atoms with Crippen LogP contribution in [0.1, 0.15) is 53.4 Å². The average molecular weight is 227 g/mol. The molecule has 16 heavy (non-hydrogen) atoms. The molecule has 0 aromatic rings. The Labute approximate surface area is 99.1 Å². The van der Waals surface area contributed by atoms with Crippen molar-refractivity contribution < 1.29 is 9.90 Å². The molecule has 3 nitrogen and oxygen atoms in total. The van der Waals surface area contributed by atoms with Gasteiger partial charge in [0, 0.05) is 18.8 Å². The Morgan fingerprint density at radius 3 is 1.88 bits per heavy atom. The molecule has 0 saturated heterocycles. The number of carboxylic acid groups (broad SMARTS) is 1. The van der Waals surface area contributed by atoms with Gasteiger partial charge in [-0.1, -0.05) is 27.2 Å². The van der Waals surface area contributed by atoms with Crippen molar-refractivity contribution >= 4 is 5.97 Å². The Hall–Kier alpha value is -0.990. The number of hydrogen-bond donors (Lipinski definition) is 1. The topological polar surface area (TPSA) is 40.5 Å². The fourth-order valence-corrected chi connectivity index (χ4v) is 1.86. The van der Waals surface area contributed by atoms with Crippen LogP contribution in [0.4, 0.5) is 0 Å². The van der Waals surface area contributed by atoms with E-state index in [0.717, 1.165) is 44.5 Å². The maximum atomic E-state index is 11.0. The predicted octanol–water partition coefficient (Wildman–Crippen LogP) is 3.27. The number of rotatable bonds is 8. The smallest absolute Gasteiger partial charge is 0.333 e. The normalized spacial score (nSPS) is 12.2. The van der Waals surface area contributed by atoms with Crippen LogP contribution in [0.2, 0.25) is 0 Å². The monoisotopic (exact) mass is 227 g/mol. The van der Waals surface area contributed by atoms with E-state index in [4.69, 9.17) is 5.11 Å². The third-order valence-corrected chi connectivity index (χ3v) is 2.61. The van der Waals surface area contributed by atoms with Crippen LogP contribution in [0.15, 0.2) is 11.3 Å². The van der Waals surface area contributed by atoms with Crippen molar-refractivity contribution in [2.45, 2.75) is 53.4 Å². The molecule has 0 spiro atoms. The number of hydrogen-bond acceptors (Lipinski definition) is 2. The third-order valence-electron chi connectivity index (χ3n) is 2.61. The minimum Gasteiger partial charge on any atom is -0.478 e. The highest BCUT2D eigenvalue weighted by Gasteiger charge is 2.14. The standard InChI is InChI=1S/C13H25NO2/c1-5-8-12(11(4)13(15)16)14(9-6-2)10-7-3/h5-10H2,1-4H3,(H,15,16). The van der Waals surface area contributed by atoms with Gasteiger partial charge in [-0.05, 0) is 26.2 Å². The van der Waals surface area contributed by atoms with E-state index >= 15 is 0 Å². The van der Waals surface area contributed by atoms with Crippen LogP contribution in [-0.4, -0.2) is 29.1 Å². The van der Waals surface area contributed by atoms with Gasteiger partial charge < -0.3 is 10.0 Å². The summed E-state index contributed by atoms with van der Waals surface area (Å²) >= 11 is 0. The maximum absolute atomic E-state index is 11.0. The second kappa shape index (κ2) is 8.20. The number of nitrogens with zero attached hydrogens (tertiary/aromatic N) is 1. The lowest BCUT2D eigenvalue weighted by molar-refractivity contribution is -0.132. The van der Waals surface area contributed by atoms with E-state index in [1.807, 2.05) is 0 Å². The van der Waals surface area contributed by atoms with E-state index in [-0.39, 0.29) is 0 Å². The molecule has 0 aromatic carbocycles. The summed E-state index contributed by atoms with van der Waals surface area (Å²) in [5.41, 5.74) is 1.52. The Morgan fingerprint density at radius 1 is 1.06 bits per heavy atom. The largest absolute Gasteiger partial charge is 0.478 e.